The lowest BCUT2D eigenvalue weighted by molar-refractivity contribution is -0.121. The Morgan fingerprint density at radius 1 is 0.955 bits per heavy atom. The summed E-state index contributed by atoms with van der Waals surface area (Å²) >= 11 is 0. The minimum Gasteiger partial charge on any atom is -0.496 e. The third-order valence-corrected chi connectivity index (χ3v) is 9.41. The Labute approximate surface area is 250 Å². The van der Waals surface area contributed by atoms with Gasteiger partial charge in [0.05, 0.1) is 29.1 Å². The number of amides is 2. The molecule has 1 fully saturated rings. The highest BCUT2D eigenvalue weighted by Crippen LogP contribution is 2.44. The third kappa shape index (κ3) is 5.91. The maximum Gasteiger partial charge on any atom is 0.501 e. The maximum absolute atomic E-state index is 13.6. The second-order valence-corrected chi connectivity index (χ2v) is 12.6. The van der Waals surface area contributed by atoms with Crippen LogP contribution >= 0.6 is 0 Å². The van der Waals surface area contributed by atoms with Crippen LogP contribution < -0.4 is 15.4 Å². The number of sulfone groups is 1. The van der Waals surface area contributed by atoms with Gasteiger partial charge in [-0.1, -0.05) is 42.5 Å². The molecule has 0 spiro atoms. The van der Waals surface area contributed by atoms with Crippen molar-refractivity contribution in [3.8, 4) is 5.75 Å². The number of ether oxygens (including phenoxy) is 1. The molecule has 3 N–H and O–H groups in total. The Kier molecular flexibility index (Phi) is 8.25. The van der Waals surface area contributed by atoms with Crippen LogP contribution in [0.15, 0.2) is 83.8 Å². The van der Waals surface area contributed by atoms with Crippen molar-refractivity contribution in [1.29, 1.82) is 0 Å². The average Bonchev–Trinajstić information content (AvgIpc) is 3.59. The van der Waals surface area contributed by atoms with Crippen molar-refractivity contribution < 1.29 is 45.8 Å². The highest BCUT2D eigenvalue weighted by molar-refractivity contribution is 7.92. The van der Waals surface area contributed by atoms with E-state index < -0.39 is 50.0 Å². The lowest BCUT2D eigenvalue weighted by atomic mass is 9.87. The predicted molar refractivity (Wildman–Crippen MR) is 153 cm³/mol. The Balaban J connectivity index is 1.36. The number of carbonyl (C=O) groups is 3. The van der Waals surface area contributed by atoms with E-state index >= 15 is 0 Å². The van der Waals surface area contributed by atoms with Gasteiger partial charge in [0.15, 0.2) is 0 Å². The van der Waals surface area contributed by atoms with Gasteiger partial charge in [0.25, 0.3) is 15.7 Å². The van der Waals surface area contributed by atoms with E-state index in [0.717, 1.165) is 18.2 Å². The van der Waals surface area contributed by atoms with Gasteiger partial charge in [-0.3, -0.25) is 9.59 Å². The molecule has 3 aromatic carbocycles. The summed E-state index contributed by atoms with van der Waals surface area (Å²) in [6, 6.07) is 14.7. The summed E-state index contributed by atoms with van der Waals surface area (Å²) < 4.78 is 68.3. The first-order valence-electron chi connectivity index (χ1n) is 13.5. The second-order valence-electron chi connectivity index (χ2n) is 10.6. The molecule has 2 aliphatic carbocycles. The number of anilines is 1. The van der Waals surface area contributed by atoms with Gasteiger partial charge in [-0.05, 0) is 72.2 Å². The number of fused-ring (bicyclic) bond motifs is 2. The van der Waals surface area contributed by atoms with Crippen LogP contribution in [0.2, 0.25) is 0 Å². The number of rotatable bonds is 9. The number of carbonyl (C=O) groups excluding carboxylic acids is 2. The average molecular weight is 629 g/mol. The molecule has 5 rings (SSSR count). The van der Waals surface area contributed by atoms with Gasteiger partial charge >= 0.3 is 11.5 Å². The maximum atomic E-state index is 13.6. The number of nitrogens with one attached hydrogen (secondary N) is 2. The first-order chi connectivity index (χ1) is 20.8. The standard InChI is InChI=1S/C31H27F3N2O7S/c1-43-25-12-9-17(13-18-5-2-3-8-23(18)30(39)40)14-24(25)28(37)36-27-20-11-10-19(15-20)26(27)29(38)35-21-6-4-7-22(16-21)44(41,42)31(32,33)34/h2-12,14,16,19-20,26-27H,13,15H2,1H3,(H,35,38)(H,36,37)(H,39,40)/t19-,20+,26+,27-/m0/s1. The van der Waals surface area contributed by atoms with E-state index in [-0.39, 0.29) is 40.8 Å². The van der Waals surface area contributed by atoms with Gasteiger partial charge in [-0.15, -0.1) is 0 Å². The number of aromatic carboxylic acids is 1. The molecule has 0 heterocycles. The molecule has 230 valence electrons. The topological polar surface area (TPSA) is 139 Å². The summed E-state index contributed by atoms with van der Waals surface area (Å²) in [5.74, 6) is -3.15. The summed E-state index contributed by atoms with van der Waals surface area (Å²) in [5.41, 5.74) is -4.11. The van der Waals surface area contributed by atoms with Gasteiger partial charge in [0, 0.05) is 11.7 Å². The molecule has 4 atom stereocenters. The number of hydrogen-bond acceptors (Lipinski definition) is 6. The number of methoxy groups -OCH3 is 1. The third-order valence-electron chi connectivity index (χ3n) is 7.93. The van der Waals surface area contributed by atoms with Crippen molar-refractivity contribution in [1.82, 2.24) is 5.32 Å². The SMILES string of the molecule is COc1ccc(Cc2ccccc2C(=O)O)cc1C(=O)N[C@@H]1[C@H](C(=O)Nc2cccc(S(=O)(=O)C(F)(F)F)c2)[C@H]2C=C[C@@H]1C2. The second kappa shape index (κ2) is 11.8. The van der Waals surface area contributed by atoms with Crippen LogP contribution in [0.3, 0.4) is 0 Å². The van der Waals surface area contributed by atoms with Gasteiger partial charge < -0.3 is 20.5 Å². The van der Waals surface area contributed by atoms with Crippen LogP contribution in [0.4, 0.5) is 18.9 Å². The first kappa shape index (κ1) is 30.8. The van der Waals surface area contributed by atoms with Crippen molar-refractivity contribution in [2.45, 2.75) is 29.3 Å². The summed E-state index contributed by atoms with van der Waals surface area (Å²) in [6.07, 6.45) is 4.54. The number of allylic oxidation sites excluding steroid dienone is 1. The fraction of sp³-hybridized carbons (Fsp3) is 0.258. The molecule has 2 amide bonds. The highest BCUT2D eigenvalue weighted by atomic mass is 32.2. The highest BCUT2D eigenvalue weighted by Gasteiger charge is 2.49. The Morgan fingerprint density at radius 3 is 2.39 bits per heavy atom. The molecule has 0 aliphatic heterocycles. The zero-order valence-electron chi connectivity index (χ0n) is 23.2. The molecule has 0 aromatic heterocycles. The van der Waals surface area contributed by atoms with Crippen molar-refractivity contribution in [2.24, 2.45) is 17.8 Å². The molecule has 44 heavy (non-hydrogen) atoms. The number of hydrogen-bond donors (Lipinski definition) is 3. The van der Waals surface area contributed by atoms with Crippen molar-refractivity contribution in [3.05, 3.63) is 101 Å². The van der Waals surface area contributed by atoms with Crippen LogP contribution in [-0.2, 0) is 21.1 Å². The summed E-state index contributed by atoms with van der Waals surface area (Å²) in [5, 5.41) is 15.0. The van der Waals surface area contributed by atoms with Crippen LogP contribution in [0.1, 0.15) is 38.3 Å². The van der Waals surface area contributed by atoms with Gasteiger partial charge in [0.1, 0.15) is 5.75 Å². The molecule has 2 bridgehead atoms. The van der Waals surface area contributed by atoms with Crippen molar-refractivity contribution in [2.75, 3.05) is 12.4 Å². The Hall–Kier alpha value is -4.65. The summed E-state index contributed by atoms with van der Waals surface area (Å²) in [6.45, 7) is 0. The molecule has 3 aromatic rings. The first-order valence-corrected chi connectivity index (χ1v) is 15.0. The molecule has 2 aliphatic rings. The van der Waals surface area contributed by atoms with Gasteiger partial charge in [0.2, 0.25) is 5.91 Å². The van der Waals surface area contributed by atoms with Crippen LogP contribution in [0.5, 0.6) is 5.75 Å². The largest absolute Gasteiger partial charge is 0.501 e. The monoisotopic (exact) mass is 628 g/mol. The molecule has 0 saturated heterocycles. The van der Waals surface area contributed by atoms with Crippen molar-refractivity contribution in [3.63, 3.8) is 0 Å². The number of carboxylic acid groups (broad SMARTS) is 1. The molecule has 0 unspecified atom stereocenters. The van der Waals surface area contributed by atoms with Crippen molar-refractivity contribution >= 4 is 33.3 Å². The smallest absolute Gasteiger partial charge is 0.496 e. The zero-order valence-corrected chi connectivity index (χ0v) is 24.0. The normalized spacial score (nSPS) is 20.7. The molecule has 1 saturated carbocycles. The summed E-state index contributed by atoms with van der Waals surface area (Å²) in [4.78, 5) is 37.7. The fourth-order valence-electron chi connectivity index (χ4n) is 5.85. The van der Waals surface area contributed by atoms with Crippen LogP contribution in [0, 0.1) is 17.8 Å². The van der Waals surface area contributed by atoms with E-state index in [1.54, 1.807) is 36.4 Å². The number of carboxylic acids is 1. The fourth-order valence-corrected chi connectivity index (χ4v) is 6.66. The predicted octanol–water partition coefficient (Wildman–Crippen LogP) is 4.84. The van der Waals surface area contributed by atoms with Gasteiger partial charge in [-0.2, -0.15) is 13.2 Å². The van der Waals surface area contributed by atoms with E-state index in [2.05, 4.69) is 10.6 Å². The molecule has 9 nitrogen and oxygen atoms in total. The van der Waals surface area contributed by atoms with Crippen LogP contribution in [0.25, 0.3) is 0 Å². The van der Waals surface area contributed by atoms with E-state index in [4.69, 9.17) is 4.74 Å². The lowest BCUT2D eigenvalue weighted by Gasteiger charge is -2.28. The van der Waals surface area contributed by atoms with Gasteiger partial charge in [-0.25, -0.2) is 13.2 Å². The minimum absolute atomic E-state index is 0.131. The number of benzene rings is 3. The minimum atomic E-state index is -5.62. The molecule has 0 radical (unpaired) electrons. The number of halogens is 3. The van der Waals surface area contributed by atoms with Crippen LogP contribution in [-0.4, -0.2) is 50.0 Å². The summed E-state index contributed by atoms with van der Waals surface area (Å²) in [7, 11) is -4.22. The van der Waals surface area contributed by atoms with E-state index in [0.29, 0.717) is 17.5 Å². The molecule has 13 heteroatoms. The Morgan fingerprint density at radius 2 is 1.68 bits per heavy atom. The van der Waals surface area contributed by atoms with E-state index in [1.165, 1.54) is 19.2 Å². The van der Waals surface area contributed by atoms with E-state index in [9.17, 15) is 41.1 Å². The van der Waals surface area contributed by atoms with E-state index in [1.807, 2.05) is 12.2 Å². The molecular formula is C31H27F3N2O7S. The number of alkyl halides is 3. The quantitative estimate of drug-likeness (QED) is 0.289. The Bertz CT molecular complexity index is 1770. The molecular weight excluding hydrogens is 601 g/mol. The zero-order chi connectivity index (χ0) is 31.8. The lowest BCUT2D eigenvalue weighted by Crippen LogP contribution is -2.47.